The highest BCUT2D eigenvalue weighted by Gasteiger charge is 2.27. The van der Waals surface area contributed by atoms with E-state index in [0.29, 0.717) is 0 Å². The lowest BCUT2D eigenvalue weighted by Crippen LogP contribution is -2.51. The van der Waals surface area contributed by atoms with Crippen LogP contribution in [-0.4, -0.2) is 40.5 Å². The smallest absolute Gasteiger partial charge is 0.240 e. The van der Waals surface area contributed by atoms with Crippen LogP contribution in [0.1, 0.15) is 44.9 Å². The molecule has 0 radical (unpaired) electrons. The molecule has 3 rings (SSSR count). The molecule has 0 unspecified atom stereocenters. The fraction of sp³-hybridized carbons (Fsp3) is 0.667. The van der Waals surface area contributed by atoms with Crippen molar-refractivity contribution in [1.82, 2.24) is 14.8 Å². The Morgan fingerprint density at radius 3 is 2.57 bits per heavy atom. The summed E-state index contributed by atoms with van der Waals surface area (Å²) in [6, 6.07) is 3.96. The van der Waals surface area contributed by atoms with Crippen LogP contribution in [-0.2, 0) is 11.3 Å². The summed E-state index contributed by atoms with van der Waals surface area (Å²) in [7, 11) is 0. The molecule has 23 heavy (non-hydrogen) atoms. The summed E-state index contributed by atoms with van der Waals surface area (Å²) < 4.78 is 1.75. The van der Waals surface area contributed by atoms with Gasteiger partial charge in [-0.3, -0.25) is 14.5 Å². The Bertz CT molecular complexity index is 557. The highest BCUT2D eigenvalue weighted by atomic mass is 16.2. The van der Waals surface area contributed by atoms with E-state index in [1.54, 1.807) is 17.0 Å². The Hall–Kier alpha value is -1.62. The van der Waals surface area contributed by atoms with Crippen molar-refractivity contribution in [2.45, 2.75) is 63.6 Å². The lowest BCUT2D eigenvalue weighted by atomic mass is 9.92. The van der Waals surface area contributed by atoms with Gasteiger partial charge in [0.25, 0.3) is 0 Å². The average Bonchev–Trinajstić information content (AvgIpc) is 2.58. The molecule has 1 amide bonds. The van der Waals surface area contributed by atoms with E-state index in [2.05, 4.69) is 10.2 Å². The number of carbonyl (C=O) groups excluding carboxylic acids is 1. The first-order chi connectivity index (χ1) is 11.2. The Morgan fingerprint density at radius 2 is 1.83 bits per heavy atom. The summed E-state index contributed by atoms with van der Waals surface area (Å²) in [5.74, 6) is 0.0316. The zero-order chi connectivity index (χ0) is 16.1. The molecule has 0 aromatic carbocycles. The molecule has 0 bridgehead atoms. The van der Waals surface area contributed by atoms with Crippen LogP contribution in [0.4, 0.5) is 0 Å². The van der Waals surface area contributed by atoms with E-state index in [-0.39, 0.29) is 23.9 Å². The molecule has 1 saturated heterocycles. The van der Waals surface area contributed by atoms with Gasteiger partial charge in [0.1, 0.15) is 6.54 Å². The molecular weight excluding hydrogens is 290 g/mol. The Morgan fingerprint density at radius 1 is 1.09 bits per heavy atom. The minimum atomic E-state index is -0.0305. The lowest BCUT2D eigenvalue weighted by Gasteiger charge is -2.40. The molecule has 1 atom stereocenters. The van der Waals surface area contributed by atoms with Crippen LogP contribution in [0, 0.1) is 0 Å². The van der Waals surface area contributed by atoms with Gasteiger partial charge in [0.05, 0.1) is 0 Å². The number of piperidine rings is 1. The molecule has 1 aliphatic carbocycles. The van der Waals surface area contributed by atoms with Crippen molar-refractivity contribution in [3.63, 3.8) is 0 Å². The SMILES string of the molecule is O=C(Cn1ccc(=O)cc1)N[C@H]1CCCN(C2CCCCC2)C1. The highest BCUT2D eigenvalue weighted by Crippen LogP contribution is 2.25. The standard InChI is InChI=1S/C18H27N3O2/c22-17-8-11-20(12-9-17)14-18(23)19-15-5-4-10-21(13-15)16-6-2-1-3-7-16/h8-9,11-12,15-16H,1-7,10,13-14H2,(H,19,23)/t15-/m0/s1. The summed E-state index contributed by atoms with van der Waals surface area (Å²) >= 11 is 0. The Labute approximate surface area is 137 Å². The average molecular weight is 317 g/mol. The minimum Gasteiger partial charge on any atom is -0.351 e. The summed E-state index contributed by atoms with van der Waals surface area (Å²) in [6.07, 6.45) is 12.3. The van der Waals surface area contributed by atoms with Crippen molar-refractivity contribution in [1.29, 1.82) is 0 Å². The van der Waals surface area contributed by atoms with E-state index in [4.69, 9.17) is 0 Å². The first kappa shape index (κ1) is 16.2. The third-order valence-electron chi connectivity index (χ3n) is 5.10. The normalized spacial score (nSPS) is 23.6. The fourth-order valence-electron chi connectivity index (χ4n) is 3.89. The van der Waals surface area contributed by atoms with Crippen LogP contribution >= 0.6 is 0 Å². The van der Waals surface area contributed by atoms with E-state index in [1.807, 2.05) is 0 Å². The van der Waals surface area contributed by atoms with Gasteiger partial charge in [-0.15, -0.1) is 0 Å². The van der Waals surface area contributed by atoms with Gasteiger partial charge >= 0.3 is 0 Å². The van der Waals surface area contributed by atoms with Gasteiger partial charge in [0.2, 0.25) is 5.91 Å². The number of aromatic nitrogens is 1. The molecule has 5 nitrogen and oxygen atoms in total. The number of rotatable bonds is 4. The van der Waals surface area contributed by atoms with E-state index in [1.165, 1.54) is 57.2 Å². The number of hydrogen-bond donors (Lipinski definition) is 1. The molecule has 1 aliphatic heterocycles. The van der Waals surface area contributed by atoms with Crippen LogP contribution in [0.2, 0.25) is 0 Å². The maximum atomic E-state index is 12.2. The molecule has 2 aliphatic rings. The molecule has 2 fully saturated rings. The first-order valence-electron chi connectivity index (χ1n) is 8.90. The summed E-state index contributed by atoms with van der Waals surface area (Å²) in [5.41, 5.74) is -0.0305. The molecule has 1 N–H and O–H groups in total. The van der Waals surface area contributed by atoms with Crippen LogP contribution < -0.4 is 10.7 Å². The van der Waals surface area contributed by atoms with E-state index < -0.39 is 0 Å². The highest BCUT2D eigenvalue weighted by molar-refractivity contribution is 5.76. The summed E-state index contributed by atoms with van der Waals surface area (Å²) in [6.45, 7) is 2.44. The number of nitrogens with zero attached hydrogens (tertiary/aromatic N) is 2. The topological polar surface area (TPSA) is 54.3 Å². The Kier molecular flexibility index (Phi) is 5.49. The molecule has 126 valence electrons. The maximum Gasteiger partial charge on any atom is 0.240 e. The van der Waals surface area contributed by atoms with Gasteiger partial charge in [-0.2, -0.15) is 0 Å². The van der Waals surface area contributed by atoms with E-state index >= 15 is 0 Å². The quantitative estimate of drug-likeness (QED) is 0.921. The van der Waals surface area contributed by atoms with Crippen molar-refractivity contribution in [3.8, 4) is 0 Å². The van der Waals surface area contributed by atoms with Crippen molar-refractivity contribution in [3.05, 3.63) is 34.7 Å². The van der Waals surface area contributed by atoms with E-state index in [9.17, 15) is 9.59 Å². The van der Waals surface area contributed by atoms with E-state index in [0.717, 1.165) is 19.0 Å². The first-order valence-corrected chi connectivity index (χ1v) is 8.90. The molecule has 0 spiro atoms. The van der Waals surface area contributed by atoms with Crippen LogP contribution in [0.15, 0.2) is 29.3 Å². The number of hydrogen-bond acceptors (Lipinski definition) is 3. The minimum absolute atomic E-state index is 0.0305. The predicted octanol–water partition coefficient (Wildman–Crippen LogP) is 1.76. The van der Waals surface area contributed by atoms with Gasteiger partial charge in [-0.05, 0) is 32.2 Å². The number of pyridine rings is 1. The molecule has 1 aromatic rings. The van der Waals surface area contributed by atoms with Crippen molar-refractivity contribution < 1.29 is 4.79 Å². The number of carbonyl (C=O) groups is 1. The van der Waals surface area contributed by atoms with Gasteiger partial charge in [0, 0.05) is 43.2 Å². The van der Waals surface area contributed by atoms with Crippen LogP contribution in [0.25, 0.3) is 0 Å². The summed E-state index contributed by atoms with van der Waals surface area (Å²) in [4.78, 5) is 25.9. The largest absolute Gasteiger partial charge is 0.351 e. The molecule has 1 saturated carbocycles. The van der Waals surface area contributed by atoms with Crippen LogP contribution in [0.3, 0.4) is 0 Å². The van der Waals surface area contributed by atoms with Gasteiger partial charge in [-0.25, -0.2) is 0 Å². The zero-order valence-electron chi connectivity index (χ0n) is 13.7. The maximum absolute atomic E-state index is 12.2. The molecule has 2 heterocycles. The number of likely N-dealkylation sites (tertiary alicyclic amines) is 1. The van der Waals surface area contributed by atoms with Crippen LogP contribution in [0.5, 0.6) is 0 Å². The van der Waals surface area contributed by atoms with Gasteiger partial charge in [-0.1, -0.05) is 19.3 Å². The second-order valence-electron chi connectivity index (χ2n) is 6.90. The second kappa shape index (κ2) is 7.77. The molecule has 5 heteroatoms. The van der Waals surface area contributed by atoms with Crippen molar-refractivity contribution >= 4 is 5.91 Å². The second-order valence-corrected chi connectivity index (χ2v) is 6.90. The third kappa shape index (κ3) is 4.67. The van der Waals surface area contributed by atoms with Crippen molar-refractivity contribution in [2.75, 3.05) is 13.1 Å². The van der Waals surface area contributed by atoms with Gasteiger partial charge in [0.15, 0.2) is 5.43 Å². The summed E-state index contributed by atoms with van der Waals surface area (Å²) in [5, 5.41) is 3.17. The lowest BCUT2D eigenvalue weighted by molar-refractivity contribution is -0.122. The third-order valence-corrected chi connectivity index (χ3v) is 5.10. The number of nitrogens with one attached hydrogen (secondary N) is 1. The number of amides is 1. The molecular formula is C18H27N3O2. The Balaban J connectivity index is 1.49. The van der Waals surface area contributed by atoms with Crippen molar-refractivity contribution in [2.24, 2.45) is 0 Å². The predicted molar refractivity (Wildman–Crippen MR) is 90.3 cm³/mol. The fourth-order valence-corrected chi connectivity index (χ4v) is 3.89. The monoisotopic (exact) mass is 317 g/mol. The van der Waals surface area contributed by atoms with Gasteiger partial charge < -0.3 is 9.88 Å². The molecule has 1 aromatic heterocycles. The zero-order valence-corrected chi connectivity index (χ0v) is 13.7.